The Kier molecular flexibility index (Phi) is 7.81. The van der Waals surface area contributed by atoms with Crippen molar-refractivity contribution in [2.45, 2.75) is 17.9 Å². The predicted molar refractivity (Wildman–Crippen MR) is 89.0 cm³/mol. The van der Waals surface area contributed by atoms with Crippen LogP contribution in [0.1, 0.15) is 17.3 Å². The minimum absolute atomic E-state index is 0.0210. The standard InChI is InChI=1S/C15H22N2O7S/c1-10(8-22-3)17-14(18)9-24-15(19)11-5-6-12(23-4)13(7-11)25(20,21)16-2/h5-7,10,16H,8-9H2,1-4H3,(H,17,18). The lowest BCUT2D eigenvalue weighted by atomic mass is 10.2. The van der Waals surface area contributed by atoms with Gasteiger partial charge in [-0.1, -0.05) is 0 Å². The van der Waals surface area contributed by atoms with Crippen molar-refractivity contribution in [1.82, 2.24) is 10.0 Å². The molecular formula is C15H22N2O7S. The summed E-state index contributed by atoms with van der Waals surface area (Å²) in [4.78, 5) is 23.5. The molecular weight excluding hydrogens is 352 g/mol. The van der Waals surface area contributed by atoms with E-state index in [0.717, 1.165) is 6.07 Å². The number of hydrogen-bond donors (Lipinski definition) is 2. The van der Waals surface area contributed by atoms with E-state index in [4.69, 9.17) is 14.2 Å². The summed E-state index contributed by atoms with van der Waals surface area (Å²) in [6.07, 6.45) is 0. The highest BCUT2D eigenvalue weighted by Gasteiger charge is 2.21. The number of amides is 1. The van der Waals surface area contributed by atoms with Crippen molar-refractivity contribution < 1.29 is 32.2 Å². The summed E-state index contributed by atoms with van der Waals surface area (Å²) >= 11 is 0. The normalized spacial score (nSPS) is 12.3. The zero-order valence-electron chi connectivity index (χ0n) is 14.5. The van der Waals surface area contributed by atoms with E-state index in [1.54, 1.807) is 6.92 Å². The Morgan fingerprint density at radius 3 is 2.48 bits per heavy atom. The van der Waals surface area contributed by atoms with Gasteiger partial charge >= 0.3 is 5.97 Å². The molecule has 0 saturated carbocycles. The first kappa shape index (κ1) is 20.9. The molecule has 1 aromatic rings. The highest BCUT2D eigenvalue weighted by atomic mass is 32.2. The van der Waals surface area contributed by atoms with Crippen molar-refractivity contribution in [2.24, 2.45) is 0 Å². The third kappa shape index (κ3) is 6.00. The zero-order chi connectivity index (χ0) is 19.0. The average molecular weight is 374 g/mol. The summed E-state index contributed by atoms with van der Waals surface area (Å²) in [5.41, 5.74) is -0.0210. The zero-order valence-corrected chi connectivity index (χ0v) is 15.3. The molecule has 1 amide bonds. The number of carbonyl (C=O) groups is 2. The van der Waals surface area contributed by atoms with Gasteiger partial charge in [0.1, 0.15) is 10.6 Å². The van der Waals surface area contributed by atoms with Crippen molar-refractivity contribution in [2.75, 3.05) is 34.5 Å². The van der Waals surface area contributed by atoms with Gasteiger partial charge in [0.2, 0.25) is 10.0 Å². The maximum Gasteiger partial charge on any atom is 0.338 e. The molecule has 1 aromatic carbocycles. The smallest absolute Gasteiger partial charge is 0.338 e. The Hall–Kier alpha value is -2.17. The minimum Gasteiger partial charge on any atom is -0.495 e. The maximum atomic E-state index is 12.0. The van der Waals surface area contributed by atoms with Crippen LogP contribution in [0, 0.1) is 0 Å². The molecule has 2 N–H and O–H groups in total. The Morgan fingerprint density at radius 1 is 1.24 bits per heavy atom. The summed E-state index contributed by atoms with van der Waals surface area (Å²) in [5, 5.41) is 2.58. The fourth-order valence-electron chi connectivity index (χ4n) is 1.95. The number of carbonyl (C=O) groups excluding carboxylic acids is 2. The van der Waals surface area contributed by atoms with Crippen molar-refractivity contribution in [3.05, 3.63) is 23.8 Å². The Morgan fingerprint density at radius 2 is 1.92 bits per heavy atom. The number of hydrogen-bond acceptors (Lipinski definition) is 7. The fraction of sp³-hybridized carbons (Fsp3) is 0.467. The molecule has 0 saturated heterocycles. The Labute approximate surface area is 146 Å². The second-order valence-corrected chi connectivity index (χ2v) is 6.93. The number of benzene rings is 1. The number of esters is 1. The van der Waals surface area contributed by atoms with Crippen LogP contribution in [0.15, 0.2) is 23.1 Å². The van der Waals surface area contributed by atoms with Gasteiger partial charge < -0.3 is 19.5 Å². The molecule has 0 aromatic heterocycles. The average Bonchev–Trinajstić information content (AvgIpc) is 2.59. The van der Waals surface area contributed by atoms with Gasteiger partial charge in [0.15, 0.2) is 6.61 Å². The van der Waals surface area contributed by atoms with Crippen LogP contribution in [0.4, 0.5) is 0 Å². The van der Waals surface area contributed by atoms with E-state index in [2.05, 4.69) is 10.0 Å². The van der Waals surface area contributed by atoms with Gasteiger partial charge in [-0.15, -0.1) is 0 Å². The maximum absolute atomic E-state index is 12.0. The Bertz CT molecular complexity index is 719. The van der Waals surface area contributed by atoms with Crippen LogP contribution in [-0.4, -0.2) is 60.8 Å². The van der Waals surface area contributed by atoms with Gasteiger partial charge in [-0.25, -0.2) is 17.9 Å². The lowest BCUT2D eigenvalue weighted by Gasteiger charge is -2.13. The number of sulfonamides is 1. The van der Waals surface area contributed by atoms with Crippen LogP contribution >= 0.6 is 0 Å². The first-order valence-electron chi connectivity index (χ1n) is 7.32. The molecule has 0 bridgehead atoms. The van der Waals surface area contributed by atoms with Crippen molar-refractivity contribution in [3.8, 4) is 5.75 Å². The molecule has 140 valence electrons. The molecule has 1 atom stereocenters. The van der Waals surface area contributed by atoms with Crippen LogP contribution in [0.3, 0.4) is 0 Å². The van der Waals surface area contributed by atoms with Crippen LogP contribution < -0.4 is 14.8 Å². The topological polar surface area (TPSA) is 120 Å². The molecule has 0 heterocycles. The van der Waals surface area contributed by atoms with Gasteiger partial charge in [0.05, 0.1) is 19.3 Å². The van der Waals surface area contributed by atoms with Gasteiger partial charge in [-0.2, -0.15) is 0 Å². The second-order valence-electron chi connectivity index (χ2n) is 5.07. The number of methoxy groups -OCH3 is 2. The minimum atomic E-state index is -3.83. The van der Waals surface area contributed by atoms with Crippen molar-refractivity contribution >= 4 is 21.9 Å². The summed E-state index contributed by atoms with van der Waals surface area (Å²) in [6.45, 7) is 1.57. The number of ether oxygens (including phenoxy) is 3. The fourth-order valence-corrected chi connectivity index (χ4v) is 2.86. The van der Waals surface area contributed by atoms with Crippen LogP contribution in [0.25, 0.3) is 0 Å². The van der Waals surface area contributed by atoms with Gasteiger partial charge in [0, 0.05) is 13.2 Å². The largest absolute Gasteiger partial charge is 0.495 e. The van der Waals surface area contributed by atoms with E-state index in [1.165, 1.54) is 33.4 Å². The predicted octanol–water partition coefficient (Wildman–Crippen LogP) is -0.0888. The van der Waals surface area contributed by atoms with E-state index in [1.807, 2.05) is 0 Å². The first-order chi connectivity index (χ1) is 11.7. The van der Waals surface area contributed by atoms with E-state index in [-0.39, 0.29) is 22.3 Å². The summed E-state index contributed by atoms with van der Waals surface area (Å²) in [7, 11) is 0.231. The highest BCUT2D eigenvalue weighted by Crippen LogP contribution is 2.24. The molecule has 0 radical (unpaired) electrons. The van der Waals surface area contributed by atoms with Gasteiger partial charge in [-0.05, 0) is 32.2 Å². The summed E-state index contributed by atoms with van der Waals surface area (Å²) in [6, 6.07) is 3.57. The summed E-state index contributed by atoms with van der Waals surface area (Å²) in [5.74, 6) is -1.24. The van der Waals surface area contributed by atoms with Crippen molar-refractivity contribution in [3.63, 3.8) is 0 Å². The molecule has 1 rings (SSSR count). The second kappa shape index (κ2) is 9.35. The van der Waals surface area contributed by atoms with Crippen LogP contribution in [0.2, 0.25) is 0 Å². The summed E-state index contributed by atoms with van der Waals surface area (Å²) < 4.78 is 40.9. The Balaban J connectivity index is 2.83. The van der Waals surface area contributed by atoms with Gasteiger partial charge in [0.25, 0.3) is 5.91 Å². The first-order valence-corrected chi connectivity index (χ1v) is 8.80. The third-order valence-electron chi connectivity index (χ3n) is 3.12. The quantitative estimate of drug-likeness (QED) is 0.580. The van der Waals surface area contributed by atoms with E-state index < -0.39 is 28.5 Å². The molecule has 25 heavy (non-hydrogen) atoms. The van der Waals surface area contributed by atoms with Gasteiger partial charge in [-0.3, -0.25) is 4.79 Å². The molecule has 0 aliphatic heterocycles. The van der Waals surface area contributed by atoms with Crippen LogP contribution in [0.5, 0.6) is 5.75 Å². The molecule has 0 aliphatic carbocycles. The van der Waals surface area contributed by atoms with E-state index >= 15 is 0 Å². The van der Waals surface area contributed by atoms with Crippen molar-refractivity contribution in [1.29, 1.82) is 0 Å². The lowest BCUT2D eigenvalue weighted by Crippen LogP contribution is -2.38. The number of nitrogens with one attached hydrogen (secondary N) is 2. The molecule has 10 heteroatoms. The van der Waals surface area contributed by atoms with E-state index in [9.17, 15) is 18.0 Å². The van der Waals surface area contributed by atoms with E-state index in [0.29, 0.717) is 6.61 Å². The third-order valence-corrected chi connectivity index (χ3v) is 4.55. The SMILES string of the molecule is CNS(=O)(=O)c1cc(C(=O)OCC(=O)NC(C)COC)ccc1OC. The molecule has 0 spiro atoms. The van der Waals surface area contributed by atoms with Crippen LogP contribution in [-0.2, 0) is 24.3 Å². The molecule has 0 aliphatic rings. The highest BCUT2D eigenvalue weighted by molar-refractivity contribution is 7.89. The lowest BCUT2D eigenvalue weighted by molar-refractivity contribution is -0.125. The molecule has 0 fully saturated rings. The number of rotatable bonds is 9. The monoisotopic (exact) mass is 374 g/mol. The molecule has 9 nitrogen and oxygen atoms in total. The molecule has 1 unspecified atom stereocenters.